The molecule has 2 nitrogen and oxygen atoms in total. The Hall–Kier alpha value is -1.31. The number of hydrogen-bond donors (Lipinski definition) is 0. The monoisotopic (exact) mass is 232 g/mol. The molecule has 17 heavy (non-hydrogen) atoms. The fourth-order valence-corrected chi connectivity index (χ4v) is 2.53. The van der Waals surface area contributed by atoms with Gasteiger partial charge in [0, 0.05) is 11.5 Å². The maximum atomic E-state index is 11.7. The maximum Gasteiger partial charge on any atom is 0.334 e. The fourth-order valence-electron chi connectivity index (χ4n) is 2.53. The standard InChI is InChI=1S/C15H20O2/c1-10(2)13-8-7-11(3)5-4-6-12-9-14(13)17-15(12)16/h5,9,13-14H,1,4,6-8H2,2-3H3/b11-5+/t13-,14-/m0/s1. The molecule has 2 atom stereocenters. The Morgan fingerprint density at radius 2 is 2.24 bits per heavy atom. The third-order valence-electron chi connectivity index (χ3n) is 3.66. The fraction of sp³-hybridized carbons (Fsp3) is 0.533. The van der Waals surface area contributed by atoms with Gasteiger partial charge in [0.25, 0.3) is 0 Å². The van der Waals surface area contributed by atoms with Crippen LogP contribution in [0.1, 0.15) is 39.5 Å². The van der Waals surface area contributed by atoms with Gasteiger partial charge in [-0.05, 0) is 45.6 Å². The second kappa shape index (κ2) is 4.91. The van der Waals surface area contributed by atoms with Crippen LogP contribution in [-0.4, -0.2) is 12.1 Å². The van der Waals surface area contributed by atoms with E-state index in [0.29, 0.717) is 0 Å². The van der Waals surface area contributed by atoms with Crippen molar-refractivity contribution >= 4 is 5.97 Å². The Balaban J connectivity index is 2.24. The molecule has 1 heterocycles. The lowest BCUT2D eigenvalue weighted by Gasteiger charge is -2.22. The first kappa shape index (κ1) is 12.2. The largest absolute Gasteiger partial charge is 0.454 e. The van der Waals surface area contributed by atoms with Gasteiger partial charge in [-0.15, -0.1) is 0 Å². The second-order valence-electron chi connectivity index (χ2n) is 5.14. The lowest BCUT2D eigenvalue weighted by atomic mass is 9.87. The van der Waals surface area contributed by atoms with Crippen LogP contribution in [0.5, 0.6) is 0 Å². The van der Waals surface area contributed by atoms with Gasteiger partial charge in [0.15, 0.2) is 0 Å². The summed E-state index contributed by atoms with van der Waals surface area (Å²) in [5.41, 5.74) is 3.35. The van der Waals surface area contributed by atoms with Gasteiger partial charge in [0.2, 0.25) is 0 Å². The van der Waals surface area contributed by atoms with E-state index >= 15 is 0 Å². The van der Waals surface area contributed by atoms with E-state index in [1.807, 2.05) is 13.0 Å². The number of allylic oxidation sites excluding steroid dienone is 2. The van der Waals surface area contributed by atoms with Crippen LogP contribution in [0.4, 0.5) is 0 Å². The summed E-state index contributed by atoms with van der Waals surface area (Å²) in [5.74, 6) is 0.132. The summed E-state index contributed by atoms with van der Waals surface area (Å²) in [6.07, 6.45) is 7.99. The Morgan fingerprint density at radius 1 is 1.47 bits per heavy atom. The van der Waals surface area contributed by atoms with Crippen LogP contribution in [0.25, 0.3) is 0 Å². The number of esters is 1. The van der Waals surface area contributed by atoms with E-state index in [4.69, 9.17) is 4.74 Å². The Bertz CT molecular complexity index is 401. The number of rotatable bonds is 1. The van der Waals surface area contributed by atoms with Crippen LogP contribution in [0.2, 0.25) is 0 Å². The molecule has 0 N–H and O–H groups in total. The molecule has 0 fully saturated rings. The summed E-state index contributed by atoms with van der Waals surface area (Å²) >= 11 is 0. The van der Waals surface area contributed by atoms with E-state index in [-0.39, 0.29) is 18.0 Å². The van der Waals surface area contributed by atoms with Crippen molar-refractivity contribution in [3.8, 4) is 0 Å². The summed E-state index contributed by atoms with van der Waals surface area (Å²) in [5, 5.41) is 0. The topological polar surface area (TPSA) is 26.3 Å². The summed E-state index contributed by atoms with van der Waals surface area (Å²) < 4.78 is 5.45. The van der Waals surface area contributed by atoms with Crippen LogP contribution in [-0.2, 0) is 9.53 Å². The molecule has 2 aliphatic rings. The number of carbonyl (C=O) groups is 1. The third-order valence-corrected chi connectivity index (χ3v) is 3.66. The molecule has 0 amide bonds. The van der Waals surface area contributed by atoms with Crippen molar-refractivity contribution < 1.29 is 9.53 Å². The molecule has 0 aromatic heterocycles. The first-order chi connectivity index (χ1) is 8.08. The van der Waals surface area contributed by atoms with Crippen molar-refractivity contribution in [3.05, 3.63) is 35.5 Å². The van der Waals surface area contributed by atoms with E-state index < -0.39 is 0 Å². The number of ether oxygens (including phenoxy) is 1. The normalized spacial score (nSPS) is 32.2. The van der Waals surface area contributed by atoms with Crippen molar-refractivity contribution in [2.45, 2.75) is 45.6 Å². The number of carbonyl (C=O) groups excluding carboxylic acids is 1. The van der Waals surface area contributed by atoms with Gasteiger partial charge >= 0.3 is 5.97 Å². The molecule has 92 valence electrons. The second-order valence-corrected chi connectivity index (χ2v) is 5.14. The Kier molecular flexibility index (Phi) is 3.51. The molecule has 2 rings (SSSR count). The van der Waals surface area contributed by atoms with Crippen molar-refractivity contribution in [2.24, 2.45) is 5.92 Å². The highest BCUT2D eigenvalue weighted by atomic mass is 16.5. The SMILES string of the molecule is C=C(C)[C@@H]1CC/C(C)=C/CCC2=C[C@@H]1OC2=O. The van der Waals surface area contributed by atoms with Crippen LogP contribution in [0.3, 0.4) is 0 Å². The Morgan fingerprint density at radius 3 is 2.94 bits per heavy atom. The highest BCUT2D eigenvalue weighted by Gasteiger charge is 2.31. The van der Waals surface area contributed by atoms with Crippen LogP contribution >= 0.6 is 0 Å². The van der Waals surface area contributed by atoms with Crippen LogP contribution < -0.4 is 0 Å². The van der Waals surface area contributed by atoms with Gasteiger partial charge in [-0.3, -0.25) is 0 Å². The van der Waals surface area contributed by atoms with E-state index in [1.165, 1.54) is 5.57 Å². The molecule has 1 aliphatic carbocycles. The molecule has 0 unspecified atom stereocenters. The Labute approximate surface area is 103 Å². The van der Waals surface area contributed by atoms with Crippen molar-refractivity contribution in [3.63, 3.8) is 0 Å². The minimum Gasteiger partial charge on any atom is -0.454 e. The average molecular weight is 232 g/mol. The molecule has 0 saturated heterocycles. The minimum atomic E-state index is -0.130. The van der Waals surface area contributed by atoms with Gasteiger partial charge in [-0.1, -0.05) is 23.8 Å². The molecule has 0 spiro atoms. The van der Waals surface area contributed by atoms with Gasteiger partial charge in [0.05, 0.1) is 0 Å². The lowest BCUT2D eigenvalue weighted by Crippen LogP contribution is -2.21. The van der Waals surface area contributed by atoms with Crippen molar-refractivity contribution in [1.29, 1.82) is 0 Å². The molecule has 1 aliphatic heterocycles. The average Bonchev–Trinajstić information content (AvgIpc) is 2.59. The zero-order valence-electron chi connectivity index (χ0n) is 10.7. The molecular weight excluding hydrogens is 212 g/mol. The lowest BCUT2D eigenvalue weighted by molar-refractivity contribution is -0.141. The molecule has 2 heteroatoms. The smallest absolute Gasteiger partial charge is 0.334 e. The maximum absolute atomic E-state index is 11.7. The van der Waals surface area contributed by atoms with E-state index in [2.05, 4.69) is 19.6 Å². The predicted molar refractivity (Wildman–Crippen MR) is 68.5 cm³/mol. The van der Waals surface area contributed by atoms with Crippen LogP contribution in [0, 0.1) is 5.92 Å². The van der Waals surface area contributed by atoms with Gasteiger partial charge < -0.3 is 4.74 Å². The van der Waals surface area contributed by atoms with E-state index in [9.17, 15) is 4.79 Å². The van der Waals surface area contributed by atoms with Gasteiger partial charge in [0.1, 0.15) is 6.10 Å². The van der Waals surface area contributed by atoms with Crippen LogP contribution in [0.15, 0.2) is 35.5 Å². The van der Waals surface area contributed by atoms with E-state index in [0.717, 1.165) is 36.8 Å². The number of fused-ring (bicyclic) bond motifs is 1. The molecule has 2 bridgehead atoms. The van der Waals surface area contributed by atoms with Crippen molar-refractivity contribution in [2.75, 3.05) is 0 Å². The zero-order valence-corrected chi connectivity index (χ0v) is 10.7. The summed E-state index contributed by atoms with van der Waals surface area (Å²) in [7, 11) is 0. The molecular formula is C15H20O2. The summed E-state index contributed by atoms with van der Waals surface area (Å²) in [6.45, 7) is 8.22. The highest BCUT2D eigenvalue weighted by Crippen LogP contribution is 2.32. The quantitative estimate of drug-likeness (QED) is 0.510. The predicted octanol–water partition coefficient (Wildman–Crippen LogP) is 3.55. The molecule has 0 saturated carbocycles. The summed E-state index contributed by atoms with van der Waals surface area (Å²) in [4.78, 5) is 11.7. The third kappa shape index (κ3) is 2.68. The summed E-state index contributed by atoms with van der Waals surface area (Å²) in [6, 6.07) is 0. The first-order valence-electron chi connectivity index (χ1n) is 6.30. The first-order valence-corrected chi connectivity index (χ1v) is 6.30. The van der Waals surface area contributed by atoms with Gasteiger partial charge in [-0.25, -0.2) is 4.79 Å². The molecule has 0 aromatic rings. The number of hydrogen-bond acceptors (Lipinski definition) is 2. The van der Waals surface area contributed by atoms with Crippen molar-refractivity contribution in [1.82, 2.24) is 0 Å². The zero-order chi connectivity index (χ0) is 12.4. The highest BCUT2D eigenvalue weighted by molar-refractivity contribution is 5.91. The molecule has 0 radical (unpaired) electrons. The van der Waals surface area contributed by atoms with Gasteiger partial charge in [-0.2, -0.15) is 0 Å². The molecule has 0 aromatic carbocycles. The minimum absolute atomic E-state index is 0.0825. The van der Waals surface area contributed by atoms with E-state index in [1.54, 1.807) is 0 Å².